The number of para-hydroxylation sites is 1. The summed E-state index contributed by atoms with van der Waals surface area (Å²) in [6.45, 7) is 0. The summed E-state index contributed by atoms with van der Waals surface area (Å²) in [7, 11) is 0. The van der Waals surface area contributed by atoms with Gasteiger partial charge in [0.05, 0.1) is 0 Å². The van der Waals surface area contributed by atoms with E-state index in [1.165, 1.54) is 32.3 Å². The van der Waals surface area contributed by atoms with E-state index in [4.69, 9.17) is 0 Å². The first kappa shape index (κ1) is 18.4. The summed E-state index contributed by atoms with van der Waals surface area (Å²) in [5, 5.41) is 33.8. The topological polar surface area (TPSA) is 40.5 Å². The number of rotatable bonds is 2. The lowest BCUT2D eigenvalue weighted by Gasteiger charge is -2.22. The van der Waals surface area contributed by atoms with Crippen LogP contribution in [-0.2, 0) is 0 Å². The number of phenolic OH excluding ortho intramolecular Hbond substituents is 1. The minimum atomic E-state index is -0.951. The minimum Gasteiger partial charge on any atom is -0.508 e. The third kappa shape index (κ3) is 2.41. The van der Waals surface area contributed by atoms with Crippen LogP contribution >= 0.6 is 0 Å². The Morgan fingerprint density at radius 3 is 1.76 bits per heavy atom. The maximum Gasteiger partial charge on any atom is 0.121 e. The minimum absolute atomic E-state index is 0.102. The molecule has 0 spiro atoms. The smallest absolute Gasteiger partial charge is 0.121 e. The van der Waals surface area contributed by atoms with Gasteiger partial charge in [0.1, 0.15) is 11.9 Å². The third-order valence-electron chi connectivity index (χ3n) is 7.06. The second kappa shape index (κ2) is 6.68. The summed E-state index contributed by atoms with van der Waals surface area (Å²) in [6, 6.07) is 34.7. The molecule has 0 fully saturated rings. The number of fused-ring (bicyclic) bond motifs is 4. The van der Waals surface area contributed by atoms with Gasteiger partial charge in [0.15, 0.2) is 0 Å². The Morgan fingerprint density at radius 2 is 0.970 bits per heavy atom. The summed E-state index contributed by atoms with van der Waals surface area (Å²) in [5.41, 5.74) is 1.35. The summed E-state index contributed by atoms with van der Waals surface area (Å²) in [5.74, 6) is 0.102. The first-order valence-electron chi connectivity index (χ1n) is 11.2. The van der Waals surface area contributed by atoms with Gasteiger partial charge in [-0.3, -0.25) is 0 Å². The standard InChI is InChI=1S/C31H20O2/c32-26-17-4-3-12-23(26)31(33)30-22-11-2-1-10-20(22)28-24-15-6-9-18-8-5-13-19(27(18)24)21-14-7-16-25(30)29(21)28/h1-17,31-33H. The zero-order valence-corrected chi connectivity index (χ0v) is 17.8. The van der Waals surface area contributed by atoms with Crippen molar-refractivity contribution in [2.24, 2.45) is 0 Å². The molecule has 33 heavy (non-hydrogen) atoms. The van der Waals surface area contributed by atoms with Gasteiger partial charge < -0.3 is 10.2 Å². The van der Waals surface area contributed by atoms with Crippen molar-refractivity contribution in [3.05, 3.63) is 114 Å². The lowest BCUT2D eigenvalue weighted by molar-refractivity contribution is 0.218. The predicted molar refractivity (Wildman–Crippen MR) is 137 cm³/mol. The van der Waals surface area contributed by atoms with Gasteiger partial charge >= 0.3 is 0 Å². The van der Waals surface area contributed by atoms with Gasteiger partial charge in [-0.05, 0) is 59.9 Å². The van der Waals surface area contributed by atoms with E-state index in [2.05, 4.69) is 72.8 Å². The Hall–Kier alpha value is -4.14. The number of aliphatic hydroxyl groups is 1. The fourth-order valence-corrected chi connectivity index (χ4v) is 5.71. The van der Waals surface area contributed by atoms with Gasteiger partial charge in [-0.15, -0.1) is 0 Å². The molecule has 7 aromatic rings. The van der Waals surface area contributed by atoms with Gasteiger partial charge in [0.25, 0.3) is 0 Å². The van der Waals surface area contributed by atoms with E-state index in [1.807, 2.05) is 12.1 Å². The first-order chi connectivity index (χ1) is 16.2. The van der Waals surface area contributed by atoms with Gasteiger partial charge in [-0.25, -0.2) is 0 Å². The average Bonchev–Trinajstić information content (AvgIpc) is 2.86. The van der Waals surface area contributed by atoms with Gasteiger partial charge in [0.2, 0.25) is 0 Å². The number of aromatic hydroxyl groups is 1. The van der Waals surface area contributed by atoms with E-state index in [0.717, 1.165) is 27.1 Å². The number of hydrogen-bond donors (Lipinski definition) is 2. The SMILES string of the molecule is Oc1ccccc1C(O)c1c2ccccc2c2c3cccc4cccc(c5cccc1c52)c43. The van der Waals surface area contributed by atoms with E-state index >= 15 is 0 Å². The lowest BCUT2D eigenvalue weighted by Crippen LogP contribution is -2.03. The zero-order chi connectivity index (χ0) is 22.1. The van der Waals surface area contributed by atoms with Crippen molar-refractivity contribution in [2.45, 2.75) is 6.10 Å². The molecule has 0 bridgehead atoms. The second-order valence-corrected chi connectivity index (χ2v) is 8.73. The third-order valence-corrected chi connectivity index (χ3v) is 7.06. The highest BCUT2D eigenvalue weighted by Gasteiger charge is 2.24. The maximum atomic E-state index is 11.6. The molecule has 0 aromatic heterocycles. The maximum absolute atomic E-state index is 11.6. The largest absolute Gasteiger partial charge is 0.508 e. The summed E-state index contributed by atoms with van der Waals surface area (Å²) in [6.07, 6.45) is -0.951. The number of phenols is 1. The van der Waals surface area contributed by atoms with E-state index < -0.39 is 6.10 Å². The quantitative estimate of drug-likeness (QED) is 0.221. The molecule has 0 aliphatic heterocycles. The Labute approximate surface area is 190 Å². The van der Waals surface area contributed by atoms with Crippen molar-refractivity contribution in [1.29, 1.82) is 0 Å². The first-order valence-corrected chi connectivity index (χ1v) is 11.2. The van der Waals surface area contributed by atoms with Crippen molar-refractivity contribution in [1.82, 2.24) is 0 Å². The number of benzene rings is 7. The molecule has 0 radical (unpaired) electrons. The number of aliphatic hydroxyl groups excluding tert-OH is 1. The molecular formula is C31H20O2. The molecule has 0 saturated heterocycles. The Balaban J connectivity index is 1.78. The molecule has 0 aliphatic rings. The van der Waals surface area contributed by atoms with Crippen LogP contribution < -0.4 is 0 Å². The molecule has 156 valence electrons. The predicted octanol–water partition coefficient (Wildman–Crippen LogP) is 7.68. The molecule has 2 nitrogen and oxygen atoms in total. The van der Waals surface area contributed by atoms with E-state index in [1.54, 1.807) is 18.2 Å². The highest BCUT2D eigenvalue weighted by molar-refractivity contribution is 6.38. The fraction of sp³-hybridized carbons (Fsp3) is 0.0323. The molecule has 1 atom stereocenters. The highest BCUT2D eigenvalue weighted by atomic mass is 16.3. The summed E-state index contributed by atoms with van der Waals surface area (Å²) in [4.78, 5) is 0. The average molecular weight is 424 g/mol. The monoisotopic (exact) mass is 424 g/mol. The van der Waals surface area contributed by atoms with Crippen LogP contribution in [0.4, 0.5) is 0 Å². The normalized spacial score (nSPS) is 13.0. The zero-order valence-electron chi connectivity index (χ0n) is 17.8. The molecule has 7 aromatic carbocycles. The van der Waals surface area contributed by atoms with E-state index in [0.29, 0.717) is 5.56 Å². The van der Waals surface area contributed by atoms with Crippen molar-refractivity contribution >= 4 is 53.9 Å². The van der Waals surface area contributed by atoms with Gasteiger partial charge in [-0.1, -0.05) is 97.1 Å². The van der Waals surface area contributed by atoms with Crippen LogP contribution in [-0.4, -0.2) is 10.2 Å². The van der Waals surface area contributed by atoms with Crippen LogP contribution in [0.25, 0.3) is 53.9 Å². The van der Waals surface area contributed by atoms with Crippen LogP contribution in [0.5, 0.6) is 5.75 Å². The molecule has 1 unspecified atom stereocenters. The van der Waals surface area contributed by atoms with Crippen molar-refractivity contribution < 1.29 is 10.2 Å². The molecule has 0 heterocycles. The van der Waals surface area contributed by atoms with Crippen LogP contribution in [0.2, 0.25) is 0 Å². The molecule has 2 N–H and O–H groups in total. The van der Waals surface area contributed by atoms with Crippen molar-refractivity contribution in [3.63, 3.8) is 0 Å². The van der Waals surface area contributed by atoms with E-state index in [-0.39, 0.29) is 5.75 Å². The molecule has 0 aliphatic carbocycles. The Kier molecular flexibility index (Phi) is 3.73. The summed E-state index contributed by atoms with van der Waals surface area (Å²) >= 11 is 0. The Bertz CT molecular complexity index is 1840. The van der Waals surface area contributed by atoms with Crippen LogP contribution in [0.3, 0.4) is 0 Å². The molecule has 2 heteroatoms. The lowest BCUT2D eigenvalue weighted by atomic mass is 9.83. The van der Waals surface area contributed by atoms with Crippen molar-refractivity contribution in [2.75, 3.05) is 0 Å². The van der Waals surface area contributed by atoms with Gasteiger partial charge in [0, 0.05) is 11.1 Å². The molecular weight excluding hydrogens is 404 g/mol. The fourth-order valence-electron chi connectivity index (χ4n) is 5.71. The summed E-state index contributed by atoms with van der Waals surface area (Å²) < 4.78 is 0. The Morgan fingerprint density at radius 1 is 0.455 bits per heavy atom. The number of hydrogen-bond acceptors (Lipinski definition) is 2. The van der Waals surface area contributed by atoms with Crippen molar-refractivity contribution in [3.8, 4) is 5.75 Å². The highest BCUT2D eigenvalue weighted by Crippen LogP contribution is 2.47. The molecule has 0 amide bonds. The van der Waals surface area contributed by atoms with Gasteiger partial charge in [-0.2, -0.15) is 0 Å². The molecule has 7 rings (SSSR count). The van der Waals surface area contributed by atoms with Crippen LogP contribution in [0.1, 0.15) is 17.2 Å². The van der Waals surface area contributed by atoms with Crippen LogP contribution in [0.15, 0.2) is 103 Å². The second-order valence-electron chi connectivity index (χ2n) is 8.73. The molecule has 0 saturated carbocycles. The van der Waals surface area contributed by atoms with Crippen LogP contribution in [0, 0.1) is 0 Å². The van der Waals surface area contributed by atoms with E-state index in [9.17, 15) is 10.2 Å².